The van der Waals surface area contributed by atoms with Gasteiger partial charge in [0.25, 0.3) is 0 Å². The lowest BCUT2D eigenvalue weighted by Crippen LogP contribution is -2.24. The minimum absolute atomic E-state index is 0.0438. The number of ketones is 2. The molecule has 26 heavy (non-hydrogen) atoms. The molecule has 3 heteroatoms. The number of carbonyl (C=O) groups excluding carboxylic acids is 2. The maximum Gasteiger partial charge on any atom is 0.138 e. The second kappa shape index (κ2) is 7.36. The molecule has 1 N–H and O–H groups in total. The smallest absolute Gasteiger partial charge is 0.138 e. The van der Waals surface area contributed by atoms with Crippen molar-refractivity contribution in [3.63, 3.8) is 0 Å². The third-order valence-electron chi connectivity index (χ3n) is 5.22. The Hall–Kier alpha value is -2.55. The first-order chi connectivity index (χ1) is 12.4. The van der Waals surface area contributed by atoms with E-state index in [9.17, 15) is 9.59 Å². The summed E-state index contributed by atoms with van der Waals surface area (Å²) >= 11 is 0. The monoisotopic (exact) mass is 347 g/mol. The van der Waals surface area contributed by atoms with Gasteiger partial charge < -0.3 is 10.2 Å². The van der Waals surface area contributed by atoms with Crippen LogP contribution in [-0.2, 0) is 9.59 Å². The van der Waals surface area contributed by atoms with Crippen LogP contribution in [0.5, 0.6) is 0 Å². The highest BCUT2D eigenvalue weighted by molar-refractivity contribution is 6.18. The van der Waals surface area contributed by atoms with Crippen molar-refractivity contribution < 1.29 is 9.59 Å². The van der Waals surface area contributed by atoms with Gasteiger partial charge in [-0.25, -0.2) is 0 Å². The highest BCUT2D eigenvalue weighted by atomic mass is 16.1. The Balaban J connectivity index is 2.12. The van der Waals surface area contributed by atoms with E-state index in [4.69, 9.17) is 5.41 Å². The number of nitrogens with one attached hydrogen (secondary N) is 1. The van der Waals surface area contributed by atoms with Crippen LogP contribution in [0.4, 0.5) is 0 Å². The molecule has 1 fully saturated rings. The molecule has 0 aliphatic heterocycles. The van der Waals surface area contributed by atoms with Crippen molar-refractivity contribution in [3.05, 3.63) is 53.6 Å². The van der Waals surface area contributed by atoms with Gasteiger partial charge in [0.1, 0.15) is 11.6 Å². The third kappa shape index (κ3) is 3.67. The molecule has 1 atom stereocenters. The average Bonchev–Trinajstić information content (AvgIpc) is 3.44. The lowest BCUT2D eigenvalue weighted by Gasteiger charge is -2.20. The molecule has 0 spiro atoms. The maximum atomic E-state index is 12.2. The Morgan fingerprint density at radius 2 is 1.96 bits per heavy atom. The lowest BCUT2D eigenvalue weighted by atomic mass is 9.83. The van der Waals surface area contributed by atoms with Crippen LogP contribution in [0, 0.1) is 11.3 Å². The summed E-state index contributed by atoms with van der Waals surface area (Å²) < 4.78 is 0. The van der Waals surface area contributed by atoms with E-state index >= 15 is 0 Å². The molecule has 134 valence electrons. The van der Waals surface area contributed by atoms with Crippen molar-refractivity contribution in [2.24, 2.45) is 5.92 Å². The zero-order chi connectivity index (χ0) is 18.8. The third-order valence-corrected chi connectivity index (χ3v) is 5.22. The fourth-order valence-electron chi connectivity index (χ4n) is 3.60. The van der Waals surface area contributed by atoms with Crippen molar-refractivity contribution in [3.8, 4) is 0 Å². The van der Waals surface area contributed by atoms with Crippen LogP contribution in [-0.4, -0.2) is 17.3 Å². The number of carbonyl (C=O) groups is 2. The fraction of sp³-hybridized carbons (Fsp3) is 0.348. The van der Waals surface area contributed by atoms with Crippen LogP contribution in [0.3, 0.4) is 0 Å². The number of rotatable bonds is 8. The maximum absolute atomic E-state index is 12.2. The number of Topliss-reactive ketones (excluding diaryl/α,β-unsaturated/α-hetero) is 2. The lowest BCUT2D eigenvalue weighted by molar-refractivity contribution is -0.119. The number of hydrogen-bond acceptors (Lipinski definition) is 3. The van der Waals surface area contributed by atoms with Gasteiger partial charge in [0.15, 0.2) is 0 Å². The van der Waals surface area contributed by atoms with Gasteiger partial charge in [0, 0.05) is 17.7 Å². The molecule has 1 unspecified atom stereocenters. The summed E-state index contributed by atoms with van der Waals surface area (Å²) in [5.41, 5.74) is 3.46. The summed E-state index contributed by atoms with van der Waals surface area (Å²) in [4.78, 5) is 23.6. The molecule has 0 heterocycles. The van der Waals surface area contributed by atoms with E-state index in [1.165, 1.54) is 19.4 Å². The Morgan fingerprint density at radius 1 is 1.23 bits per heavy atom. The number of benzene rings is 2. The van der Waals surface area contributed by atoms with Crippen molar-refractivity contribution in [1.29, 1.82) is 5.41 Å². The summed E-state index contributed by atoms with van der Waals surface area (Å²) in [5, 5.41) is 10.9. The van der Waals surface area contributed by atoms with E-state index in [0.717, 1.165) is 34.7 Å². The van der Waals surface area contributed by atoms with E-state index in [0.29, 0.717) is 24.5 Å². The van der Waals surface area contributed by atoms with Gasteiger partial charge >= 0.3 is 0 Å². The van der Waals surface area contributed by atoms with Gasteiger partial charge in [-0.1, -0.05) is 36.9 Å². The van der Waals surface area contributed by atoms with Gasteiger partial charge in [-0.3, -0.25) is 4.79 Å². The molecule has 2 aromatic carbocycles. The molecule has 0 aromatic heterocycles. The van der Waals surface area contributed by atoms with E-state index in [-0.39, 0.29) is 11.6 Å². The number of fused-ring (bicyclic) bond motifs is 1. The first-order valence-corrected chi connectivity index (χ1v) is 9.20. The zero-order valence-electron chi connectivity index (χ0n) is 15.5. The summed E-state index contributed by atoms with van der Waals surface area (Å²) in [7, 11) is 0. The van der Waals surface area contributed by atoms with Crippen LogP contribution in [0.15, 0.2) is 36.9 Å². The Kier molecular flexibility index (Phi) is 5.17. The Bertz CT molecular complexity index is 906. The van der Waals surface area contributed by atoms with Crippen LogP contribution >= 0.6 is 0 Å². The molecule has 0 radical (unpaired) electrons. The molecule has 2 aromatic rings. The SMILES string of the molecule is C=Cc1ccc2c(C(=N)C(CCC(C)=O)C(C)=O)c(C3CC3)ccc2c1. The summed E-state index contributed by atoms with van der Waals surface area (Å²) in [6.45, 7) is 6.88. The predicted octanol–water partition coefficient (Wildman–Crippen LogP) is 5.30. The molecule has 3 nitrogen and oxygen atoms in total. The molecule has 1 saturated carbocycles. The average molecular weight is 347 g/mol. The highest BCUT2D eigenvalue weighted by Crippen LogP contribution is 2.44. The van der Waals surface area contributed by atoms with Crippen molar-refractivity contribution in [2.75, 3.05) is 0 Å². The van der Waals surface area contributed by atoms with Crippen molar-refractivity contribution in [1.82, 2.24) is 0 Å². The fourth-order valence-corrected chi connectivity index (χ4v) is 3.60. The van der Waals surface area contributed by atoms with Gasteiger partial charge in [0.2, 0.25) is 0 Å². The molecular formula is C23H25NO2. The first-order valence-electron chi connectivity index (χ1n) is 9.20. The quantitative estimate of drug-likeness (QED) is 0.659. The molecule has 0 bridgehead atoms. The van der Waals surface area contributed by atoms with Gasteiger partial charge in [-0.15, -0.1) is 0 Å². The standard InChI is InChI=1S/C23H25NO2/c1-4-16-6-11-21-18(13-16)9-12-20(17-7-8-17)22(21)23(24)19(15(3)26)10-5-14(2)25/h4,6,9,11-13,17,19,24H,1,5,7-8,10H2,2-3H3. The summed E-state index contributed by atoms with van der Waals surface area (Å²) in [6.07, 6.45) is 4.82. The summed E-state index contributed by atoms with van der Waals surface area (Å²) in [5.74, 6) is -0.0342. The van der Waals surface area contributed by atoms with E-state index in [1.807, 2.05) is 18.2 Å². The topological polar surface area (TPSA) is 58.0 Å². The Morgan fingerprint density at radius 3 is 2.54 bits per heavy atom. The van der Waals surface area contributed by atoms with Crippen LogP contribution in [0.25, 0.3) is 16.8 Å². The predicted molar refractivity (Wildman–Crippen MR) is 107 cm³/mol. The number of hydrogen-bond donors (Lipinski definition) is 1. The molecule has 0 amide bonds. The highest BCUT2D eigenvalue weighted by Gasteiger charge is 2.31. The molecular weight excluding hydrogens is 322 g/mol. The molecule has 1 aliphatic rings. The van der Waals surface area contributed by atoms with Crippen LogP contribution in [0.2, 0.25) is 0 Å². The minimum atomic E-state index is -0.527. The van der Waals surface area contributed by atoms with Crippen LogP contribution in [0.1, 0.15) is 62.1 Å². The van der Waals surface area contributed by atoms with E-state index < -0.39 is 5.92 Å². The van der Waals surface area contributed by atoms with Crippen molar-refractivity contribution in [2.45, 2.75) is 45.4 Å². The van der Waals surface area contributed by atoms with Gasteiger partial charge in [-0.05, 0) is 67.0 Å². The van der Waals surface area contributed by atoms with E-state index in [1.54, 1.807) is 0 Å². The van der Waals surface area contributed by atoms with Gasteiger partial charge in [0.05, 0.1) is 5.92 Å². The molecule has 1 aliphatic carbocycles. The zero-order valence-corrected chi connectivity index (χ0v) is 15.5. The minimum Gasteiger partial charge on any atom is -0.304 e. The van der Waals surface area contributed by atoms with Gasteiger partial charge in [-0.2, -0.15) is 0 Å². The Labute approximate surface area is 154 Å². The molecule has 3 rings (SSSR count). The second-order valence-corrected chi connectivity index (χ2v) is 7.31. The molecule has 0 saturated heterocycles. The van der Waals surface area contributed by atoms with Crippen LogP contribution < -0.4 is 0 Å². The normalized spacial score (nSPS) is 14.8. The second-order valence-electron chi connectivity index (χ2n) is 7.31. The summed E-state index contributed by atoms with van der Waals surface area (Å²) in [6, 6.07) is 10.3. The van der Waals surface area contributed by atoms with E-state index in [2.05, 4.69) is 24.8 Å². The van der Waals surface area contributed by atoms with Crippen molar-refractivity contribution >= 4 is 34.1 Å². The largest absolute Gasteiger partial charge is 0.304 e. The first kappa shape index (κ1) is 18.2.